The van der Waals surface area contributed by atoms with E-state index in [-0.39, 0.29) is 18.2 Å². The fourth-order valence-corrected chi connectivity index (χ4v) is 3.50. The lowest BCUT2D eigenvalue weighted by Gasteiger charge is -2.16. The van der Waals surface area contributed by atoms with E-state index >= 15 is 0 Å². The zero-order valence-corrected chi connectivity index (χ0v) is 16.3. The van der Waals surface area contributed by atoms with Gasteiger partial charge in [-0.05, 0) is 18.4 Å². The molecule has 0 unspecified atom stereocenters. The number of pyridine rings is 1. The first-order valence-electron chi connectivity index (χ1n) is 9.68. The van der Waals surface area contributed by atoms with Gasteiger partial charge in [-0.25, -0.2) is 0 Å². The number of aromatic nitrogens is 1. The number of carbonyl (C=O) groups excluding carboxylic acids is 2. The summed E-state index contributed by atoms with van der Waals surface area (Å²) in [5.41, 5.74) is -0.940. The quantitative estimate of drug-likeness (QED) is 0.536. The molecule has 1 heterocycles. The van der Waals surface area contributed by atoms with Crippen molar-refractivity contribution in [1.82, 2.24) is 15.2 Å². The Kier molecular flexibility index (Phi) is 6.51. The Hall–Kier alpha value is -3.62. The molecule has 1 fully saturated rings. The van der Waals surface area contributed by atoms with E-state index < -0.39 is 41.2 Å². The molecule has 0 atom stereocenters. The molecule has 1 aliphatic carbocycles. The topological polar surface area (TPSA) is 138 Å². The van der Waals surface area contributed by atoms with Crippen molar-refractivity contribution in [1.29, 1.82) is 0 Å². The van der Waals surface area contributed by atoms with E-state index in [0.717, 1.165) is 35.8 Å². The van der Waals surface area contributed by atoms with Crippen LogP contribution in [0.15, 0.2) is 41.3 Å². The van der Waals surface area contributed by atoms with Crippen LogP contribution in [-0.2, 0) is 11.3 Å². The summed E-state index contributed by atoms with van der Waals surface area (Å²) in [7, 11) is 0. The van der Waals surface area contributed by atoms with Gasteiger partial charge in [0, 0.05) is 12.2 Å². The maximum atomic E-state index is 12.9. The van der Waals surface area contributed by atoms with E-state index in [2.05, 4.69) is 10.6 Å². The van der Waals surface area contributed by atoms with Crippen molar-refractivity contribution < 1.29 is 24.6 Å². The molecule has 30 heavy (non-hydrogen) atoms. The standard InChI is InChI=1S/C21H23N3O6/c25-16(26)10-22-20(29)17-18(27)15(19(28)23-14-8-4-5-9-14)12-24(21(17)30)11-13-6-2-1-3-7-13/h1-3,6-7,12,14,27H,4-5,8-11H2,(H,22,29)(H,23,28)(H,25,26). The van der Waals surface area contributed by atoms with Gasteiger partial charge in [-0.15, -0.1) is 0 Å². The molecule has 1 aromatic carbocycles. The van der Waals surface area contributed by atoms with E-state index in [1.807, 2.05) is 6.07 Å². The van der Waals surface area contributed by atoms with E-state index in [1.165, 1.54) is 6.20 Å². The third kappa shape index (κ3) is 4.86. The molecule has 0 bridgehead atoms. The average molecular weight is 413 g/mol. The summed E-state index contributed by atoms with van der Waals surface area (Å²) in [5, 5.41) is 24.2. The average Bonchev–Trinajstić information content (AvgIpc) is 3.22. The molecule has 9 heteroatoms. The summed E-state index contributed by atoms with van der Waals surface area (Å²) in [4.78, 5) is 48.8. The Bertz CT molecular complexity index is 1010. The third-order valence-electron chi connectivity index (χ3n) is 5.01. The van der Waals surface area contributed by atoms with Crippen molar-refractivity contribution in [3.8, 4) is 5.75 Å². The van der Waals surface area contributed by atoms with Gasteiger partial charge in [0.2, 0.25) is 0 Å². The number of amides is 2. The number of aliphatic carboxylic acids is 1. The van der Waals surface area contributed by atoms with Crippen molar-refractivity contribution in [3.63, 3.8) is 0 Å². The number of carboxylic acids is 1. The Morgan fingerprint density at radius 3 is 2.37 bits per heavy atom. The number of carbonyl (C=O) groups is 3. The largest absolute Gasteiger partial charge is 0.506 e. The molecule has 1 saturated carbocycles. The van der Waals surface area contributed by atoms with E-state index in [9.17, 15) is 24.3 Å². The minimum Gasteiger partial charge on any atom is -0.506 e. The summed E-state index contributed by atoms with van der Waals surface area (Å²) in [6, 6.07) is 8.91. The van der Waals surface area contributed by atoms with Gasteiger partial charge in [0.1, 0.15) is 17.9 Å². The molecule has 0 spiro atoms. The number of nitrogens with one attached hydrogen (secondary N) is 2. The number of aromatic hydroxyl groups is 1. The molecule has 0 radical (unpaired) electrons. The fraction of sp³-hybridized carbons (Fsp3) is 0.333. The summed E-state index contributed by atoms with van der Waals surface area (Å²) in [6.07, 6.45) is 4.85. The summed E-state index contributed by atoms with van der Waals surface area (Å²) < 4.78 is 1.16. The van der Waals surface area contributed by atoms with Crippen molar-refractivity contribution >= 4 is 17.8 Å². The number of nitrogens with zero attached hydrogens (tertiary/aromatic N) is 1. The second-order valence-corrected chi connectivity index (χ2v) is 7.22. The Labute approximate surface area is 172 Å². The zero-order valence-electron chi connectivity index (χ0n) is 16.3. The van der Waals surface area contributed by atoms with Crippen molar-refractivity contribution in [2.45, 2.75) is 38.3 Å². The monoisotopic (exact) mass is 413 g/mol. The highest BCUT2D eigenvalue weighted by Crippen LogP contribution is 2.23. The Morgan fingerprint density at radius 1 is 1.07 bits per heavy atom. The number of carboxylic acid groups (broad SMARTS) is 1. The maximum Gasteiger partial charge on any atom is 0.322 e. The molecule has 2 aromatic rings. The number of benzene rings is 1. The normalized spacial score (nSPS) is 13.7. The van der Waals surface area contributed by atoms with Crippen LogP contribution in [-0.4, -0.2) is 45.2 Å². The van der Waals surface area contributed by atoms with Crippen LogP contribution in [0.5, 0.6) is 5.75 Å². The predicted octanol–water partition coefficient (Wildman–Crippen LogP) is 1.09. The van der Waals surface area contributed by atoms with Gasteiger partial charge in [0.25, 0.3) is 17.4 Å². The lowest BCUT2D eigenvalue weighted by molar-refractivity contribution is -0.135. The first-order valence-corrected chi connectivity index (χ1v) is 9.68. The molecular weight excluding hydrogens is 390 g/mol. The van der Waals surface area contributed by atoms with Crippen molar-refractivity contribution in [2.75, 3.05) is 6.54 Å². The van der Waals surface area contributed by atoms with Gasteiger partial charge < -0.3 is 25.4 Å². The molecular formula is C21H23N3O6. The van der Waals surface area contributed by atoms with Crippen molar-refractivity contribution in [2.24, 2.45) is 0 Å². The van der Waals surface area contributed by atoms with Gasteiger partial charge in [0.15, 0.2) is 0 Å². The minimum absolute atomic E-state index is 0.0318. The lowest BCUT2D eigenvalue weighted by Crippen LogP contribution is -2.38. The van der Waals surface area contributed by atoms with Gasteiger partial charge >= 0.3 is 5.97 Å². The molecule has 1 aromatic heterocycles. The molecule has 158 valence electrons. The third-order valence-corrected chi connectivity index (χ3v) is 5.01. The van der Waals surface area contributed by atoms with Crippen LogP contribution in [0.1, 0.15) is 52.0 Å². The van der Waals surface area contributed by atoms with E-state index in [0.29, 0.717) is 0 Å². The lowest BCUT2D eigenvalue weighted by atomic mass is 10.1. The first-order chi connectivity index (χ1) is 14.4. The van der Waals surface area contributed by atoms with Crippen molar-refractivity contribution in [3.05, 3.63) is 63.6 Å². The predicted molar refractivity (Wildman–Crippen MR) is 108 cm³/mol. The van der Waals surface area contributed by atoms with E-state index in [4.69, 9.17) is 5.11 Å². The van der Waals surface area contributed by atoms with Crippen LogP contribution >= 0.6 is 0 Å². The highest BCUT2D eigenvalue weighted by Gasteiger charge is 2.27. The van der Waals surface area contributed by atoms with Crippen LogP contribution in [0, 0.1) is 0 Å². The summed E-state index contributed by atoms with van der Waals surface area (Å²) in [6.45, 7) is -0.655. The highest BCUT2D eigenvalue weighted by atomic mass is 16.4. The van der Waals surface area contributed by atoms with Gasteiger partial charge in [-0.2, -0.15) is 0 Å². The SMILES string of the molecule is O=C(O)CNC(=O)c1c(O)c(C(=O)NC2CCCC2)cn(Cc2ccccc2)c1=O. The molecule has 9 nitrogen and oxygen atoms in total. The summed E-state index contributed by atoms with van der Waals surface area (Å²) in [5.74, 6) is -3.71. The van der Waals surface area contributed by atoms with Gasteiger partial charge in [-0.1, -0.05) is 43.2 Å². The van der Waals surface area contributed by atoms with E-state index in [1.54, 1.807) is 24.3 Å². The number of hydrogen-bond acceptors (Lipinski definition) is 5. The molecule has 3 rings (SSSR count). The highest BCUT2D eigenvalue weighted by molar-refractivity contribution is 6.04. The Morgan fingerprint density at radius 2 is 1.73 bits per heavy atom. The van der Waals surface area contributed by atoms with Crippen LogP contribution in [0.3, 0.4) is 0 Å². The molecule has 4 N–H and O–H groups in total. The smallest absolute Gasteiger partial charge is 0.322 e. The van der Waals surface area contributed by atoms with Crippen LogP contribution < -0.4 is 16.2 Å². The van der Waals surface area contributed by atoms with Gasteiger partial charge in [-0.3, -0.25) is 19.2 Å². The second-order valence-electron chi connectivity index (χ2n) is 7.22. The Balaban J connectivity index is 2.01. The first kappa shape index (κ1) is 21.1. The summed E-state index contributed by atoms with van der Waals surface area (Å²) >= 11 is 0. The number of rotatable bonds is 7. The molecule has 0 saturated heterocycles. The second kappa shape index (κ2) is 9.25. The maximum absolute atomic E-state index is 12.9. The van der Waals surface area contributed by atoms with Crippen LogP contribution in [0.4, 0.5) is 0 Å². The van der Waals surface area contributed by atoms with Gasteiger partial charge in [0.05, 0.1) is 12.1 Å². The minimum atomic E-state index is -1.30. The van der Waals surface area contributed by atoms with Crippen LogP contribution in [0.25, 0.3) is 0 Å². The molecule has 2 amide bonds. The fourth-order valence-electron chi connectivity index (χ4n) is 3.50. The number of hydrogen-bond donors (Lipinski definition) is 4. The molecule has 0 aliphatic heterocycles. The molecule has 1 aliphatic rings. The van der Waals surface area contributed by atoms with Crippen LogP contribution in [0.2, 0.25) is 0 Å². The zero-order chi connectivity index (χ0) is 21.7.